The van der Waals surface area contributed by atoms with Crippen molar-refractivity contribution in [3.05, 3.63) is 12.3 Å². The second kappa shape index (κ2) is 3.74. The van der Waals surface area contributed by atoms with Crippen LogP contribution in [0.1, 0.15) is 34.1 Å². The minimum atomic E-state index is 0.404. The number of amidine groups is 1. The summed E-state index contributed by atoms with van der Waals surface area (Å²) in [4.78, 5) is 6.80. The summed E-state index contributed by atoms with van der Waals surface area (Å²) in [6.45, 7) is 8.60. The minimum Gasteiger partial charge on any atom is -0.334 e. The third-order valence-corrected chi connectivity index (χ3v) is 1.83. The molecule has 0 aromatic rings. The van der Waals surface area contributed by atoms with Crippen LogP contribution in [0.5, 0.6) is 0 Å². The highest BCUT2D eigenvalue weighted by Gasteiger charge is 2.15. The third kappa shape index (κ3) is 2.10. The Morgan fingerprint density at radius 2 is 2.00 bits per heavy atom. The molecule has 2 nitrogen and oxygen atoms in total. The van der Waals surface area contributed by atoms with Crippen molar-refractivity contribution in [1.82, 2.24) is 4.90 Å². The van der Waals surface area contributed by atoms with Gasteiger partial charge in [0, 0.05) is 24.7 Å². The van der Waals surface area contributed by atoms with E-state index in [4.69, 9.17) is 0 Å². The maximum Gasteiger partial charge on any atom is 0.107 e. The molecule has 0 saturated heterocycles. The Hall–Kier alpha value is -0.790. The maximum absolute atomic E-state index is 4.56. The average Bonchev–Trinajstić information content (AvgIpc) is 2.33. The summed E-state index contributed by atoms with van der Waals surface area (Å²) in [6.07, 6.45) is 5.30. The van der Waals surface area contributed by atoms with E-state index in [0.717, 1.165) is 6.42 Å². The fourth-order valence-electron chi connectivity index (χ4n) is 1.35. The lowest BCUT2D eigenvalue weighted by Crippen LogP contribution is -2.29. The number of aliphatic imine (C=N–C) groups is 1. The first-order chi connectivity index (χ1) is 5.61. The summed E-state index contributed by atoms with van der Waals surface area (Å²) in [5, 5.41) is 0. The van der Waals surface area contributed by atoms with Gasteiger partial charge in [-0.3, -0.25) is 4.99 Å². The van der Waals surface area contributed by atoms with Gasteiger partial charge in [0.1, 0.15) is 5.84 Å². The van der Waals surface area contributed by atoms with Crippen molar-refractivity contribution in [3.8, 4) is 0 Å². The second-order valence-electron chi connectivity index (χ2n) is 3.73. The van der Waals surface area contributed by atoms with E-state index in [1.807, 2.05) is 0 Å². The molecular formula is C10H18N2. The van der Waals surface area contributed by atoms with Gasteiger partial charge in [0.05, 0.1) is 0 Å². The van der Waals surface area contributed by atoms with Crippen LogP contribution in [-0.4, -0.2) is 22.8 Å². The zero-order valence-electron chi connectivity index (χ0n) is 8.41. The molecular weight excluding hydrogens is 148 g/mol. The molecule has 0 fully saturated rings. The molecule has 1 aliphatic heterocycles. The van der Waals surface area contributed by atoms with E-state index in [1.54, 1.807) is 0 Å². The van der Waals surface area contributed by atoms with Gasteiger partial charge in [0.2, 0.25) is 0 Å². The quantitative estimate of drug-likeness (QED) is 0.615. The van der Waals surface area contributed by atoms with Crippen LogP contribution in [0.3, 0.4) is 0 Å². The van der Waals surface area contributed by atoms with Gasteiger partial charge in [-0.25, -0.2) is 0 Å². The Bertz CT molecular complexity index is 202. The topological polar surface area (TPSA) is 15.6 Å². The number of nitrogens with zero attached hydrogens (tertiary/aromatic N) is 2. The Morgan fingerprint density at radius 3 is 2.50 bits per heavy atom. The molecule has 0 aromatic heterocycles. The Labute approximate surface area is 75.0 Å². The number of rotatable bonds is 2. The van der Waals surface area contributed by atoms with E-state index in [1.165, 1.54) is 5.84 Å². The van der Waals surface area contributed by atoms with Gasteiger partial charge in [0.15, 0.2) is 0 Å². The van der Waals surface area contributed by atoms with E-state index >= 15 is 0 Å². The van der Waals surface area contributed by atoms with Gasteiger partial charge in [0.25, 0.3) is 0 Å². The predicted octanol–water partition coefficient (Wildman–Crippen LogP) is 2.42. The maximum atomic E-state index is 4.56. The Kier molecular flexibility index (Phi) is 2.90. The molecule has 12 heavy (non-hydrogen) atoms. The van der Waals surface area contributed by atoms with Crippen LogP contribution in [0.2, 0.25) is 0 Å². The molecule has 0 bridgehead atoms. The third-order valence-electron chi connectivity index (χ3n) is 1.83. The van der Waals surface area contributed by atoms with Gasteiger partial charge in [-0.1, -0.05) is 6.08 Å². The number of hydrogen-bond acceptors (Lipinski definition) is 1. The van der Waals surface area contributed by atoms with Crippen LogP contribution in [0.15, 0.2) is 17.3 Å². The Morgan fingerprint density at radius 1 is 1.33 bits per heavy atom. The van der Waals surface area contributed by atoms with Gasteiger partial charge >= 0.3 is 0 Å². The smallest absolute Gasteiger partial charge is 0.107 e. The highest BCUT2D eigenvalue weighted by molar-refractivity contribution is 5.87. The van der Waals surface area contributed by atoms with Crippen molar-refractivity contribution in [3.63, 3.8) is 0 Å². The van der Waals surface area contributed by atoms with Gasteiger partial charge in [-0.05, 0) is 27.7 Å². The molecule has 2 heteroatoms. The van der Waals surface area contributed by atoms with Gasteiger partial charge in [-0.2, -0.15) is 0 Å². The molecule has 0 spiro atoms. The number of hydrogen-bond donors (Lipinski definition) is 0. The van der Waals surface area contributed by atoms with E-state index in [2.05, 4.69) is 49.9 Å². The average molecular weight is 166 g/mol. The fourth-order valence-corrected chi connectivity index (χ4v) is 1.35. The molecule has 0 aliphatic carbocycles. The zero-order chi connectivity index (χ0) is 9.14. The first-order valence-corrected chi connectivity index (χ1v) is 4.63. The van der Waals surface area contributed by atoms with Crippen LogP contribution >= 0.6 is 0 Å². The van der Waals surface area contributed by atoms with E-state index in [-0.39, 0.29) is 0 Å². The lowest BCUT2D eigenvalue weighted by molar-refractivity contribution is 0.461. The first-order valence-electron chi connectivity index (χ1n) is 4.63. The van der Waals surface area contributed by atoms with Crippen LogP contribution < -0.4 is 0 Å². The molecule has 0 aromatic carbocycles. The Balaban J connectivity index is 2.68. The van der Waals surface area contributed by atoms with Gasteiger partial charge < -0.3 is 4.90 Å². The van der Waals surface area contributed by atoms with Gasteiger partial charge in [-0.15, -0.1) is 0 Å². The molecule has 1 aliphatic rings. The standard InChI is InChI=1S/C10H18N2/c1-8(2)11-10-6-5-7-12(10)9(3)4/h5,7-9H,6H2,1-4H3/b11-10-. The molecule has 68 valence electrons. The van der Waals surface area contributed by atoms with Crippen molar-refractivity contribution in [2.75, 3.05) is 0 Å². The van der Waals surface area contributed by atoms with Crippen molar-refractivity contribution in [2.45, 2.75) is 46.2 Å². The normalized spacial score (nSPS) is 20.5. The molecule has 0 amide bonds. The van der Waals surface area contributed by atoms with Crippen molar-refractivity contribution >= 4 is 5.84 Å². The molecule has 0 atom stereocenters. The van der Waals surface area contributed by atoms with Crippen LogP contribution in [0.25, 0.3) is 0 Å². The van der Waals surface area contributed by atoms with Crippen molar-refractivity contribution in [2.24, 2.45) is 4.99 Å². The van der Waals surface area contributed by atoms with Crippen LogP contribution in [0, 0.1) is 0 Å². The van der Waals surface area contributed by atoms with E-state index in [9.17, 15) is 0 Å². The molecule has 1 rings (SSSR count). The molecule has 0 N–H and O–H groups in total. The zero-order valence-corrected chi connectivity index (χ0v) is 8.41. The highest BCUT2D eigenvalue weighted by Crippen LogP contribution is 2.13. The predicted molar refractivity (Wildman–Crippen MR) is 53.3 cm³/mol. The summed E-state index contributed by atoms with van der Waals surface area (Å²) in [6, 6.07) is 0.933. The van der Waals surface area contributed by atoms with Crippen molar-refractivity contribution in [1.29, 1.82) is 0 Å². The molecule has 1 heterocycles. The summed E-state index contributed by atoms with van der Waals surface area (Å²) in [5.41, 5.74) is 0. The lowest BCUT2D eigenvalue weighted by Gasteiger charge is -2.22. The SMILES string of the molecule is CC(C)/N=C1/CC=CN1C(C)C. The molecule has 0 radical (unpaired) electrons. The summed E-state index contributed by atoms with van der Waals surface area (Å²) in [7, 11) is 0. The lowest BCUT2D eigenvalue weighted by atomic mass is 10.3. The second-order valence-corrected chi connectivity index (χ2v) is 3.73. The van der Waals surface area contributed by atoms with E-state index in [0.29, 0.717) is 12.1 Å². The summed E-state index contributed by atoms with van der Waals surface area (Å²) >= 11 is 0. The monoisotopic (exact) mass is 166 g/mol. The fraction of sp³-hybridized carbons (Fsp3) is 0.700. The van der Waals surface area contributed by atoms with Crippen molar-refractivity contribution < 1.29 is 0 Å². The minimum absolute atomic E-state index is 0.404. The largest absolute Gasteiger partial charge is 0.334 e. The molecule has 0 unspecified atom stereocenters. The summed E-state index contributed by atoms with van der Waals surface area (Å²) < 4.78 is 0. The molecule has 0 saturated carbocycles. The summed E-state index contributed by atoms with van der Waals surface area (Å²) in [5.74, 6) is 1.21. The van der Waals surface area contributed by atoms with E-state index < -0.39 is 0 Å². The van der Waals surface area contributed by atoms with Crippen LogP contribution in [0.4, 0.5) is 0 Å². The highest BCUT2D eigenvalue weighted by atomic mass is 15.2. The first kappa shape index (κ1) is 9.30. The van der Waals surface area contributed by atoms with Crippen LogP contribution in [-0.2, 0) is 0 Å².